The minimum atomic E-state index is -3.93. The standard InChI is InChI=1S/C22H27N3O5S/c1-2-20(26)24-18-10-6-7-15-25(16-18)31(28,29)21-12-11-19(30-21)22(27)23-14-13-17-8-4-3-5-9-17/h2-5,8-9,11-12,18H,1,6-7,10,13-16H2,(H,23,27)(H,24,26). The number of furan rings is 1. The van der Waals surface area contributed by atoms with Crippen molar-refractivity contribution in [3.05, 3.63) is 66.4 Å². The molecule has 2 amide bonds. The smallest absolute Gasteiger partial charge is 0.287 e. The van der Waals surface area contributed by atoms with Gasteiger partial charge in [-0.3, -0.25) is 9.59 Å². The largest absolute Gasteiger partial charge is 0.438 e. The Bertz CT molecular complexity index is 1020. The van der Waals surface area contributed by atoms with Crippen LogP contribution in [0.3, 0.4) is 0 Å². The molecule has 166 valence electrons. The molecule has 0 bridgehead atoms. The fourth-order valence-electron chi connectivity index (χ4n) is 3.46. The molecule has 31 heavy (non-hydrogen) atoms. The van der Waals surface area contributed by atoms with Crippen molar-refractivity contribution in [3.63, 3.8) is 0 Å². The van der Waals surface area contributed by atoms with E-state index < -0.39 is 15.9 Å². The van der Waals surface area contributed by atoms with Gasteiger partial charge in [0.25, 0.3) is 15.9 Å². The van der Waals surface area contributed by atoms with Crippen molar-refractivity contribution in [1.82, 2.24) is 14.9 Å². The highest BCUT2D eigenvalue weighted by atomic mass is 32.2. The summed E-state index contributed by atoms with van der Waals surface area (Å²) < 4.78 is 32.8. The number of hydrogen-bond acceptors (Lipinski definition) is 5. The van der Waals surface area contributed by atoms with Crippen LogP contribution in [0.1, 0.15) is 35.4 Å². The van der Waals surface area contributed by atoms with Crippen LogP contribution < -0.4 is 10.6 Å². The van der Waals surface area contributed by atoms with Crippen molar-refractivity contribution in [3.8, 4) is 0 Å². The molecule has 1 aliphatic rings. The molecule has 1 saturated heterocycles. The zero-order chi connectivity index (χ0) is 22.3. The highest BCUT2D eigenvalue weighted by Gasteiger charge is 2.32. The van der Waals surface area contributed by atoms with Crippen LogP contribution in [-0.4, -0.2) is 50.2 Å². The molecule has 1 aromatic carbocycles. The first-order valence-corrected chi connectivity index (χ1v) is 11.7. The van der Waals surface area contributed by atoms with Gasteiger partial charge in [-0.2, -0.15) is 4.31 Å². The van der Waals surface area contributed by atoms with Crippen LogP contribution >= 0.6 is 0 Å². The Morgan fingerprint density at radius 1 is 1.16 bits per heavy atom. The van der Waals surface area contributed by atoms with E-state index >= 15 is 0 Å². The number of amides is 2. The molecule has 2 N–H and O–H groups in total. The van der Waals surface area contributed by atoms with Crippen molar-refractivity contribution in [2.75, 3.05) is 19.6 Å². The quantitative estimate of drug-likeness (QED) is 0.605. The maximum absolute atomic E-state index is 13.0. The average molecular weight is 446 g/mol. The van der Waals surface area contributed by atoms with Gasteiger partial charge < -0.3 is 15.1 Å². The minimum absolute atomic E-state index is 0.0574. The lowest BCUT2D eigenvalue weighted by atomic mass is 10.1. The van der Waals surface area contributed by atoms with Crippen LogP contribution in [0.15, 0.2) is 64.6 Å². The van der Waals surface area contributed by atoms with Crippen LogP contribution in [0.25, 0.3) is 0 Å². The zero-order valence-corrected chi connectivity index (χ0v) is 18.1. The molecule has 0 radical (unpaired) electrons. The van der Waals surface area contributed by atoms with Gasteiger partial charge >= 0.3 is 0 Å². The van der Waals surface area contributed by atoms with Crippen LogP contribution in [-0.2, 0) is 21.2 Å². The predicted molar refractivity (Wildman–Crippen MR) is 116 cm³/mol. The third-order valence-corrected chi connectivity index (χ3v) is 6.85. The highest BCUT2D eigenvalue weighted by molar-refractivity contribution is 7.89. The summed E-state index contributed by atoms with van der Waals surface area (Å²) in [6.07, 6.45) is 3.97. The number of nitrogens with one attached hydrogen (secondary N) is 2. The molecule has 0 saturated carbocycles. The molecule has 2 aromatic rings. The van der Waals surface area contributed by atoms with E-state index in [0.717, 1.165) is 12.0 Å². The maximum atomic E-state index is 13.0. The summed E-state index contributed by atoms with van der Waals surface area (Å²) in [6.45, 7) is 4.29. The monoisotopic (exact) mass is 445 g/mol. The van der Waals surface area contributed by atoms with Crippen LogP contribution in [0.4, 0.5) is 0 Å². The maximum Gasteiger partial charge on any atom is 0.287 e. The number of sulfonamides is 1. The van der Waals surface area contributed by atoms with E-state index in [1.165, 1.54) is 22.5 Å². The number of carbonyl (C=O) groups is 2. The van der Waals surface area contributed by atoms with Crippen molar-refractivity contribution in [2.24, 2.45) is 0 Å². The van der Waals surface area contributed by atoms with Crippen molar-refractivity contribution < 1.29 is 22.4 Å². The summed E-state index contributed by atoms with van der Waals surface area (Å²) in [4.78, 5) is 24.0. The van der Waals surface area contributed by atoms with Crippen LogP contribution in [0.5, 0.6) is 0 Å². The Morgan fingerprint density at radius 3 is 2.68 bits per heavy atom. The lowest BCUT2D eigenvalue weighted by Crippen LogP contribution is -2.44. The molecule has 8 nitrogen and oxygen atoms in total. The second-order valence-electron chi connectivity index (χ2n) is 7.38. The fraction of sp³-hybridized carbons (Fsp3) is 0.364. The average Bonchev–Trinajstić information content (AvgIpc) is 3.16. The van der Waals surface area contributed by atoms with Gasteiger partial charge in [-0.25, -0.2) is 8.42 Å². The summed E-state index contributed by atoms with van der Waals surface area (Å²) >= 11 is 0. The summed E-state index contributed by atoms with van der Waals surface area (Å²) in [7, 11) is -3.93. The molecule has 1 aliphatic heterocycles. The van der Waals surface area contributed by atoms with Gasteiger partial charge in [-0.1, -0.05) is 43.3 Å². The first-order chi connectivity index (χ1) is 14.9. The lowest BCUT2D eigenvalue weighted by molar-refractivity contribution is -0.117. The van der Waals surface area contributed by atoms with E-state index in [-0.39, 0.29) is 29.3 Å². The number of carbonyl (C=O) groups excluding carboxylic acids is 2. The molecule has 1 unspecified atom stereocenters. The van der Waals surface area contributed by atoms with E-state index in [1.807, 2.05) is 30.3 Å². The third kappa shape index (κ3) is 6.05. The Morgan fingerprint density at radius 2 is 1.94 bits per heavy atom. The molecule has 2 heterocycles. The first kappa shape index (κ1) is 22.8. The highest BCUT2D eigenvalue weighted by Crippen LogP contribution is 2.22. The lowest BCUT2D eigenvalue weighted by Gasteiger charge is -2.23. The van der Waals surface area contributed by atoms with Gasteiger partial charge in [0.05, 0.1) is 0 Å². The van der Waals surface area contributed by atoms with Crippen LogP contribution in [0.2, 0.25) is 0 Å². The topological polar surface area (TPSA) is 109 Å². The van der Waals surface area contributed by atoms with Crippen molar-refractivity contribution in [1.29, 1.82) is 0 Å². The summed E-state index contributed by atoms with van der Waals surface area (Å²) in [5.41, 5.74) is 1.09. The predicted octanol–water partition coefficient (Wildman–Crippen LogP) is 2.10. The molecule has 9 heteroatoms. The Balaban J connectivity index is 1.63. The molecule has 1 fully saturated rings. The molecular weight excluding hydrogens is 418 g/mol. The Kier molecular flexibility index (Phi) is 7.64. The van der Waals surface area contributed by atoms with Gasteiger partial charge in [-0.05, 0) is 43.0 Å². The normalized spacial score (nSPS) is 17.5. The van der Waals surface area contributed by atoms with Gasteiger partial charge in [0.1, 0.15) is 0 Å². The first-order valence-electron chi connectivity index (χ1n) is 10.2. The number of nitrogens with zero attached hydrogens (tertiary/aromatic N) is 1. The van der Waals surface area contributed by atoms with Gasteiger partial charge in [0, 0.05) is 25.7 Å². The SMILES string of the molecule is C=CC(=O)NC1CCCCN(S(=O)(=O)c2ccc(C(=O)NCCc3ccccc3)o2)C1. The second kappa shape index (κ2) is 10.4. The molecule has 1 aromatic heterocycles. The van der Waals surface area contributed by atoms with E-state index in [9.17, 15) is 18.0 Å². The molecule has 0 spiro atoms. The van der Waals surface area contributed by atoms with Gasteiger partial charge in [0.2, 0.25) is 11.0 Å². The number of benzene rings is 1. The van der Waals surface area contributed by atoms with Gasteiger partial charge in [0.15, 0.2) is 5.76 Å². The fourth-order valence-corrected chi connectivity index (χ4v) is 4.90. The second-order valence-corrected chi connectivity index (χ2v) is 9.25. The number of rotatable bonds is 8. The van der Waals surface area contributed by atoms with E-state index in [1.54, 1.807) is 0 Å². The van der Waals surface area contributed by atoms with Crippen molar-refractivity contribution >= 4 is 21.8 Å². The Hall–Kier alpha value is -2.91. The summed E-state index contributed by atoms with van der Waals surface area (Å²) in [5, 5.41) is 5.22. The minimum Gasteiger partial charge on any atom is -0.438 e. The van der Waals surface area contributed by atoms with Crippen molar-refractivity contribution in [2.45, 2.75) is 36.8 Å². The van der Waals surface area contributed by atoms with Crippen LogP contribution in [0, 0.1) is 0 Å². The number of hydrogen-bond donors (Lipinski definition) is 2. The Labute approximate surface area is 182 Å². The van der Waals surface area contributed by atoms with Gasteiger partial charge in [-0.15, -0.1) is 0 Å². The third-order valence-electron chi connectivity index (χ3n) is 5.11. The molecule has 0 aliphatic carbocycles. The molecule has 3 rings (SSSR count). The molecule has 1 atom stereocenters. The summed E-state index contributed by atoms with van der Waals surface area (Å²) in [5.74, 6) is -0.862. The summed E-state index contributed by atoms with van der Waals surface area (Å²) in [6, 6.07) is 12.1. The zero-order valence-electron chi connectivity index (χ0n) is 17.2. The van der Waals surface area contributed by atoms with E-state index in [0.29, 0.717) is 32.4 Å². The van der Waals surface area contributed by atoms with E-state index in [2.05, 4.69) is 17.2 Å². The molecular formula is C22H27N3O5S. The van der Waals surface area contributed by atoms with E-state index in [4.69, 9.17) is 4.42 Å².